The van der Waals surface area contributed by atoms with Crippen LogP contribution in [0.4, 0.5) is 11.4 Å². The summed E-state index contributed by atoms with van der Waals surface area (Å²) in [6.07, 6.45) is 0. The topological polar surface area (TPSA) is 70.0 Å². The van der Waals surface area contributed by atoms with Gasteiger partial charge in [0.25, 0.3) is 5.91 Å². The van der Waals surface area contributed by atoms with Gasteiger partial charge in [-0.15, -0.1) is 0 Å². The van der Waals surface area contributed by atoms with Crippen molar-refractivity contribution in [2.45, 2.75) is 52.8 Å². The predicted octanol–water partition coefficient (Wildman–Crippen LogP) is 3.49. The van der Waals surface area contributed by atoms with Crippen LogP contribution in [-0.2, 0) is 14.6 Å². The van der Waals surface area contributed by atoms with Gasteiger partial charge < -0.3 is 9.80 Å². The minimum atomic E-state index is -3.08. The maximum Gasteiger partial charge on any atom is 0.253 e. The van der Waals surface area contributed by atoms with Crippen LogP contribution >= 0.6 is 11.8 Å². The molecule has 0 spiro atoms. The number of carbonyl (C=O) groups is 1. The van der Waals surface area contributed by atoms with Crippen molar-refractivity contribution >= 4 is 44.0 Å². The van der Waals surface area contributed by atoms with Crippen molar-refractivity contribution in [3.63, 3.8) is 0 Å². The average Bonchev–Trinajstić information content (AvgIpc) is 3.06. The van der Waals surface area contributed by atoms with Crippen LogP contribution in [-0.4, -0.2) is 55.4 Å². The molecule has 8 heteroatoms. The lowest BCUT2D eigenvalue weighted by Crippen LogP contribution is -2.38. The fourth-order valence-electron chi connectivity index (χ4n) is 3.80. The molecule has 1 amide bonds. The van der Waals surface area contributed by atoms with Crippen LogP contribution < -0.4 is 9.80 Å². The largest absolute Gasteiger partial charge is 0.372 e. The molecule has 2 aliphatic heterocycles. The van der Waals surface area contributed by atoms with Crippen molar-refractivity contribution in [3.8, 4) is 0 Å². The fraction of sp³-hybridized carbons (Fsp3) is 0.619. The van der Waals surface area contributed by atoms with Gasteiger partial charge in [0.1, 0.15) is 0 Å². The molecule has 0 unspecified atom stereocenters. The predicted molar refractivity (Wildman–Crippen MR) is 123 cm³/mol. The quantitative estimate of drug-likeness (QED) is 0.718. The molecule has 0 N–H and O–H groups in total. The molecule has 160 valence electrons. The molecule has 1 aromatic rings. The minimum absolute atomic E-state index is 0.0895. The summed E-state index contributed by atoms with van der Waals surface area (Å²) in [5, 5.41) is 0.530. The highest BCUT2D eigenvalue weighted by Gasteiger charge is 2.49. The number of benzene rings is 1. The lowest BCUT2D eigenvalue weighted by Gasteiger charge is -2.28. The van der Waals surface area contributed by atoms with E-state index in [-0.39, 0.29) is 28.7 Å². The molecule has 0 bridgehead atoms. The maximum atomic E-state index is 12.6. The van der Waals surface area contributed by atoms with Crippen LogP contribution in [0.15, 0.2) is 23.2 Å². The summed E-state index contributed by atoms with van der Waals surface area (Å²) in [6.45, 7) is 13.7. The molecule has 0 aliphatic carbocycles. The highest BCUT2D eigenvalue weighted by atomic mass is 32.2. The van der Waals surface area contributed by atoms with E-state index in [1.165, 1.54) is 11.8 Å². The van der Waals surface area contributed by atoms with Gasteiger partial charge >= 0.3 is 0 Å². The zero-order valence-corrected chi connectivity index (χ0v) is 19.7. The molecule has 3 rings (SSSR count). The van der Waals surface area contributed by atoms with Crippen LogP contribution in [0.2, 0.25) is 0 Å². The molecular weight excluding hydrogens is 406 g/mol. The number of hydrogen-bond acceptors (Lipinski definition) is 5. The Morgan fingerprint density at radius 3 is 2.45 bits per heavy atom. The van der Waals surface area contributed by atoms with Crippen LogP contribution in [0.25, 0.3) is 0 Å². The summed E-state index contributed by atoms with van der Waals surface area (Å²) in [7, 11) is -3.08. The summed E-state index contributed by atoms with van der Waals surface area (Å²) < 4.78 is 24.5. The maximum absolute atomic E-state index is 12.6. The number of thioether (sulfide) groups is 1. The van der Waals surface area contributed by atoms with Gasteiger partial charge in [-0.1, -0.05) is 32.5 Å². The summed E-state index contributed by atoms with van der Waals surface area (Å²) in [5.41, 5.74) is 2.54. The lowest BCUT2D eigenvalue weighted by molar-refractivity contribution is -0.124. The number of anilines is 2. The molecule has 2 saturated heterocycles. The van der Waals surface area contributed by atoms with E-state index in [0.717, 1.165) is 30.0 Å². The van der Waals surface area contributed by atoms with Crippen LogP contribution in [0.3, 0.4) is 0 Å². The third-order valence-electron chi connectivity index (χ3n) is 5.47. The molecule has 29 heavy (non-hydrogen) atoms. The Morgan fingerprint density at radius 1 is 1.24 bits per heavy atom. The minimum Gasteiger partial charge on any atom is -0.372 e. The molecule has 2 aliphatic rings. The molecule has 0 saturated carbocycles. The van der Waals surface area contributed by atoms with E-state index in [9.17, 15) is 13.2 Å². The van der Waals surface area contributed by atoms with Gasteiger partial charge in [0, 0.05) is 35.1 Å². The van der Waals surface area contributed by atoms with E-state index >= 15 is 0 Å². The Bertz CT molecular complexity index is 931. The van der Waals surface area contributed by atoms with E-state index in [1.807, 2.05) is 38.7 Å². The molecular formula is C21H31N3O3S2. The average molecular weight is 438 g/mol. The monoisotopic (exact) mass is 437 g/mol. The number of amidine groups is 1. The van der Waals surface area contributed by atoms with Crippen molar-refractivity contribution in [1.82, 2.24) is 0 Å². The smallest absolute Gasteiger partial charge is 0.253 e. The van der Waals surface area contributed by atoms with E-state index in [1.54, 1.807) is 0 Å². The highest BCUT2D eigenvalue weighted by molar-refractivity contribution is 8.16. The Balaban J connectivity index is 2.04. The van der Waals surface area contributed by atoms with Crippen molar-refractivity contribution in [2.75, 3.05) is 34.4 Å². The molecule has 0 aromatic heterocycles. The second-order valence-corrected chi connectivity index (χ2v) is 12.1. The summed E-state index contributed by atoms with van der Waals surface area (Å²) in [4.78, 5) is 21.3. The normalized spacial score (nSPS) is 24.8. The molecule has 2 fully saturated rings. The molecule has 6 nitrogen and oxygen atoms in total. The third kappa shape index (κ3) is 4.48. The number of sulfone groups is 1. The zero-order chi connectivity index (χ0) is 21.6. The third-order valence-corrected chi connectivity index (χ3v) is 8.68. The fourth-order valence-corrected chi connectivity index (χ4v) is 7.70. The highest BCUT2D eigenvalue weighted by Crippen LogP contribution is 2.42. The number of fused-ring (bicyclic) bond motifs is 1. The first-order chi connectivity index (χ1) is 13.5. The van der Waals surface area contributed by atoms with Crippen molar-refractivity contribution < 1.29 is 13.2 Å². The van der Waals surface area contributed by atoms with Crippen LogP contribution in [0.1, 0.15) is 40.2 Å². The first-order valence-electron chi connectivity index (χ1n) is 10.1. The number of amides is 1. The van der Waals surface area contributed by atoms with Gasteiger partial charge in [-0.25, -0.2) is 8.42 Å². The van der Waals surface area contributed by atoms with Gasteiger partial charge in [-0.3, -0.25) is 4.79 Å². The Morgan fingerprint density at radius 2 is 1.90 bits per heavy atom. The summed E-state index contributed by atoms with van der Waals surface area (Å²) in [6, 6.07) is 6.05. The second kappa shape index (κ2) is 7.95. The first-order valence-corrected chi connectivity index (χ1v) is 12.8. The van der Waals surface area contributed by atoms with E-state index < -0.39 is 15.3 Å². The number of hydrogen-bond donors (Lipinski definition) is 0. The van der Waals surface area contributed by atoms with Crippen LogP contribution in [0, 0.1) is 12.3 Å². The Labute approximate surface area is 178 Å². The zero-order valence-electron chi connectivity index (χ0n) is 18.1. The van der Waals surface area contributed by atoms with E-state index in [4.69, 9.17) is 0 Å². The van der Waals surface area contributed by atoms with Gasteiger partial charge in [-0.05, 0) is 44.5 Å². The SMILES string of the molecule is CCN(CC)c1ccc(N2C(=NC(=O)C(C)(C)C)S[C@@H]3CS(=O)(=O)C[C@@H]32)c(C)c1. The summed E-state index contributed by atoms with van der Waals surface area (Å²) >= 11 is 1.42. The second-order valence-electron chi connectivity index (χ2n) is 8.76. The van der Waals surface area contributed by atoms with Crippen LogP contribution in [0.5, 0.6) is 0 Å². The number of rotatable bonds is 4. The number of nitrogens with zero attached hydrogens (tertiary/aromatic N) is 3. The first kappa shape index (κ1) is 22.2. The van der Waals surface area contributed by atoms with Gasteiger partial charge in [0.15, 0.2) is 15.0 Å². The number of carbonyl (C=O) groups excluding carboxylic acids is 1. The molecule has 0 radical (unpaired) electrons. The van der Waals surface area contributed by atoms with Gasteiger partial charge in [0.2, 0.25) is 0 Å². The van der Waals surface area contributed by atoms with Crippen molar-refractivity contribution in [3.05, 3.63) is 23.8 Å². The number of aryl methyl sites for hydroxylation is 1. The van der Waals surface area contributed by atoms with E-state index in [2.05, 4.69) is 35.9 Å². The van der Waals surface area contributed by atoms with Gasteiger partial charge in [0.05, 0.1) is 17.5 Å². The van der Waals surface area contributed by atoms with Crippen molar-refractivity contribution in [2.24, 2.45) is 10.4 Å². The molecule has 2 atom stereocenters. The van der Waals surface area contributed by atoms with Gasteiger partial charge in [-0.2, -0.15) is 4.99 Å². The molecule has 1 aromatic carbocycles. The van der Waals surface area contributed by atoms with E-state index in [0.29, 0.717) is 5.17 Å². The molecule has 2 heterocycles. The Kier molecular flexibility index (Phi) is 6.07. The van der Waals surface area contributed by atoms with Crippen molar-refractivity contribution in [1.29, 1.82) is 0 Å². The standard InChI is InChI=1S/C21H31N3O3S2/c1-7-23(8-2)15-9-10-16(14(3)11-15)24-17-12-29(26,27)13-18(17)28-20(24)22-19(25)21(4,5)6/h9-11,17-18H,7-8,12-13H2,1-6H3/t17-,18+/m0/s1. The summed E-state index contributed by atoms with van der Waals surface area (Å²) in [5.74, 6) is 0.0493. The Hall–Kier alpha value is -1.54. The number of aliphatic imine (C=N–C) groups is 1. The lowest BCUT2D eigenvalue weighted by atomic mass is 9.96.